The molecule has 0 aliphatic carbocycles. The van der Waals surface area contributed by atoms with Crippen LogP contribution in [-0.4, -0.2) is 43.7 Å². The topological polar surface area (TPSA) is 104 Å². The number of carbonyl (C=O) groups excluding carboxylic acids is 3. The summed E-state index contributed by atoms with van der Waals surface area (Å²) in [7, 11) is 2.85. The number of methoxy groups -OCH3 is 2. The van der Waals surface area contributed by atoms with Crippen molar-refractivity contribution in [1.29, 1.82) is 0 Å². The second kappa shape index (κ2) is 10.1. The van der Waals surface area contributed by atoms with Gasteiger partial charge in [-0.3, -0.25) is 14.9 Å². The van der Waals surface area contributed by atoms with E-state index in [2.05, 4.69) is 15.0 Å². The van der Waals surface area contributed by atoms with Crippen LogP contribution in [0.15, 0.2) is 35.7 Å². The van der Waals surface area contributed by atoms with E-state index in [9.17, 15) is 14.4 Å². The maximum absolute atomic E-state index is 11.8. The number of nitrogens with one attached hydrogen (secondary N) is 1. The second-order valence-electron chi connectivity index (χ2n) is 5.16. The lowest BCUT2D eigenvalue weighted by atomic mass is 10.2. The van der Waals surface area contributed by atoms with Crippen molar-refractivity contribution in [3.05, 3.63) is 47.0 Å². The summed E-state index contributed by atoms with van der Waals surface area (Å²) >= 11 is 1.16. The first kappa shape index (κ1) is 20.1. The summed E-state index contributed by atoms with van der Waals surface area (Å²) in [4.78, 5) is 38.7. The number of benzene rings is 1. The molecule has 0 bridgehead atoms. The van der Waals surface area contributed by atoms with Gasteiger partial charge in [0.15, 0.2) is 11.7 Å². The standard InChI is InChI=1S/C18H18N2O6S/c1-24-14-6-3-12(4-7-14)5-8-16(22)26-10-15(21)20-18-19-13(11-27-18)9-17(23)25-2/h3-8,11H,9-10H2,1-2H3,(H,19,20,21)/b8-5+. The van der Waals surface area contributed by atoms with Crippen molar-refractivity contribution in [3.63, 3.8) is 0 Å². The Bertz CT molecular complexity index is 829. The molecule has 0 aliphatic heterocycles. The summed E-state index contributed by atoms with van der Waals surface area (Å²) in [6.07, 6.45) is 2.82. The van der Waals surface area contributed by atoms with Crippen molar-refractivity contribution < 1.29 is 28.6 Å². The van der Waals surface area contributed by atoms with E-state index in [1.807, 2.05) is 0 Å². The molecule has 2 aromatic rings. The van der Waals surface area contributed by atoms with Crippen LogP contribution in [0.4, 0.5) is 5.13 Å². The van der Waals surface area contributed by atoms with Crippen LogP contribution >= 0.6 is 11.3 Å². The Morgan fingerprint density at radius 3 is 2.59 bits per heavy atom. The molecule has 1 aromatic heterocycles. The zero-order valence-corrected chi connectivity index (χ0v) is 15.6. The normalized spacial score (nSPS) is 10.4. The minimum atomic E-state index is -0.647. The van der Waals surface area contributed by atoms with Crippen molar-refractivity contribution in [1.82, 2.24) is 4.98 Å². The zero-order valence-electron chi connectivity index (χ0n) is 14.8. The lowest BCUT2D eigenvalue weighted by Crippen LogP contribution is -2.20. The number of amides is 1. The molecule has 0 radical (unpaired) electrons. The van der Waals surface area contributed by atoms with Crippen LogP contribution in [-0.2, 0) is 30.3 Å². The van der Waals surface area contributed by atoms with Crippen LogP contribution in [0, 0.1) is 0 Å². The Hall–Kier alpha value is -3.20. The second-order valence-corrected chi connectivity index (χ2v) is 6.02. The van der Waals surface area contributed by atoms with Gasteiger partial charge in [-0.1, -0.05) is 12.1 Å². The molecule has 27 heavy (non-hydrogen) atoms. The van der Waals surface area contributed by atoms with Gasteiger partial charge in [0, 0.05) is 11.5 Å². The van der Waals surface area contributed by atoms with Gasteiger partial charge >= 0.3 is 11.9 Å². The summed E-state index contributed by atoms with van der Waals surface area (Å²) < 4.78 is 14.5. The number of anilines is 1. The van der Waals surface area contributed by atoms with E-state index in [0.29, 0.717) is 16.6 Å². The maximum atomic E-state index is 11.8. The molecule has 0 saturated heterocycles. The molecule has 0 saturated carbocycles. The fourth-order valence-electron chi connectivity index (χ4n) is 1.89. The van der Waals surface area contributed by atoms with Gasteiger partial charge in [0.2, 0.25) is 0 Å². The predicted octanol–water partition coefficient (Wildman–Crippen LogP) is 2.06. The molecule has 1 aromatic carbocycles. The fourth-order valence-corrected chi connectivity index (χ4v) is 2.61. The molecule has 0 fully saturated rings. The summed E-state index contributed by atoms with van der Waals surface area (Å²) in [6, 6.07) is 7.09. The molecule has 0 unspecified atom stereocenters. The van der Waals surface area contributed by atoms with Crippen LogP contribution in [0.5, 0.6) is 5.75 Å². The summed E-state index contributed by atoms with van der Waals surface area (Å²) in [6.45, 7) is -0.447. The first-order chi connectivity index (χ1) is 13.0. The van der Waals surface area contributed by atoms with Crippen LogP contribution in [0.1, 0.15) is 11.3 Å². The average molecular weight is 390 g/mol. The van der Waals surface area contributed by atoms with Gasteiger partial charge in [0.25, 0.3) is 5.91 Å². The van der Waals surface area contributed by atoms with Crippen molar-refractivity contribution in [3.8, 4) is 5.75 Å². The van der Waals surface area contributed by atoms with Crippen LogP contribution in [0.25, 0.3) is 6.08 Å². The average Bonchev–Trinajstić information content (AvgIpc) is 3.11. The Labute approximate surface area is 159 Å². The third-order valence-electron chi connectivity index (χ3n) is 3.22. The highest BCUT2D eigenvalue weighted by molar-refractivity contribution is 7.13. The third kappa shape index (κ3) is 6.90. The number of thiazole rings is 1. The third-order valence-corrected chi connectivity index (χ3v) is 4.03. The number of carbonyl (C=O) groups is 3. The van der Waals surface area contributed by atoms with Crippen molar-refractivity contribution >= 4 is 40.4 Å². The Morgan fingerprint density at radius 1 is 1.19 bits per heavy atom. The molecule has 0 spiro atoms. The van der Waals surface area contributed by atoms with E-state index in [1.165, 1.54) is 13.2 Å². The minimum Gasteiger partial charge on any atom is -0.497 e. The smallest absolute Gasteiger partial charge is 0.331 e. The number of esters is 2. The molecule has 1 amide bonds. The zero-order chi connectivity index (χ0) is 19.6. The molecular formula is C18H18N2O6S. The van der Waals surface area contributed by atoms with Crippen molar-refractivity contribution in [2.75, 3.05) is 26.1 Å². The summed E-state index contributed by atoms with van der Waals surface area (Å²) in [5, 5.41) is 4.44. The quantitative estimate of drug-likeness (QED) is 0.543. The van der Waals surface area contributed by atoms with Crippen LogP contribution < -0.4 is 10.1 Å². The molecule has 8 nitrogen and oxygen atoms in total. The number of hydrogen-bond donors (Lipinski definition) is 1. The van der Waals surface area contributed by atoms with Crippen LogP contribution in [0.3, 0.4) is 0 Å². The van der Waals surface area contributed by atoms with Gasteiger partial charge in [-0.15, -0.1) is 11.3 Å². The van der Waals surface area contributed by atoms with E-state index in [4.69, 9.17) is 9.47 Å². The lowest BCUT2D eigenvalue weighted by molar-refractivity contribution is -0.142. The highest BCUT2D eigenvalue weighted by Crippen LogP contribution is 2.16. The first-order valence-electron chi connectivity index (χ1n) is 7.80. The number of nitrogens with zero attached hydrogens (tertiary/aromatic N) is 1. The molecule has 2 rings (SSSR count). The van der Waals surface area contributed by atoms with E-state index < -0.39 is 24.5 Å². The van der Waals surface area contributed by atoms with Gasteiger partial charge in [-0.05, 0) is 23.8 Å². The Morgan fingerprint density at radius 2 is 1.93 bits per heavy atom. The number of hydrogen-bond acceptors (Lipinski definition) is 8. The number of aromatic nitrogens is 1. The summed E-state index contributed by atoms with van der Waals surface area (Å²) in [5.41, 5.74) is 1.28. The van der Waals surface area contributed by atoms with E-state index in [-0.39, 0.29) is 6.42 Å². The predicted molar refractivity (Wildman–Crippen MR) is 99.5 cm³/mol. The molecule has 1 N–H and O–H groups in total. The van der Waals surface area contributed by atoms with E-state index >= 15 is 0 Å². The highest BCUT2D eigenvalue weighted by atomic mass is 32.1. The fraction of sp³-hybridized carbons (Fsp3) is 0.222. The van der Waals surface area contributed by atoms with Crippen molar-refractivity contribution in [2.45, 2.75) is 6.42 Å². The van der Waals surface area contributed by atoms with Gasteiger partial charge in [-0.25, -0.2) is 9.78 Å². The minimum absolute atomic E-state index is 0.0218. The SMILES string of the molecule is COC(=O)Cc1csc(NC(=O)COC(=O)/C=C/c2ccc(OC)cc2)n1. The lowest BCUT2D eigenvalue weighted by Gasteiger charge is -2.02. The van der Waals surface area contributed by atoms with E-state index in [0.717, 1.165) is 16.9 Å². The Balaban J connectivity index is 1.76. The van der Waals surface area contributed by atoms with Crippen LogP contribution in [0.2, 0.25) is 0 Å². The van der Waals surface area contributed by atoms with Gasteiger partial charge < -0.3 is 14.2 Å². The van der Waals surface area contributed by atoms with Gasteiger partial charge in [-0.2, -0.15) is 0 Å². The molecule has 9 heteroatoms. The first-order valence-corrected chi connectivity index (χ1v) is 8.68. The monoisotopic (exact) mass is 390 g/mol. The van der Waals surface area contributed by atoms with Gasteiger partial charge in [0.1, 0.15) is 5.75 Å². The molecule has 1 heterocycles. The Kier molecular flexibility index (Phi) is 7.50. The van der Waals surface area contributed by atoms with Gasteiger partial charge in [0.05, 0.1) is 26.3 Å². The summed E-state index contributed by atoms with van der Waals surface area (Å²) in [5.74, 6) is -0.884. The number of rotatable bonds is 8. The number of ether oxygens (including phenoxy) is 3. The van der Waals surface area contributed by atoms with E-state index in [1.54, 1.807) is 42.8 Å². The highest BCUT2D eigenvalue weighted by Gasteiger charge is 2.11. The largest absolute Gasteiger partial charge is 0.497 e. The molecule has 142 valence electrons. The molecule has 0 atom stereocenters. The maximum Gasteiger partial charge on any atom is 0.331 e. The molecular weight excluding hydrogens is 372 g/mol. The van der Waals surface area contributed by atoms with Crippen molar-refractivity contribution in [2.24, 2.45) is 0 Å². The molecule has 0 aliphatic rings.